The van der Waals surface area contributed by atoms with Crippen molar-refractivity contribution < 1.29 is 17.6 Å². The molecule has 1 aliphatic rings. The molecule has 8 heteroatoms. The number of rotatable bonds is 5. The molecule has 1 fully saturated rings. The molecule has 0 aromatic heterocycles. The van der Waals surface area contributed by atoms with Crippen LogP contribution in [0, 0.1) is 26.6 Å². The second-order valence-electron chi connectivity index (χ2n) is 8.66. The molecule has 1 N–H and O–H groups in total. The molecule has 3 aromatic carbocycles. The third kappa shape index (κ3) is 5.07. The maximum atomic E-state index is 13.2. The van der Waals surface area contributed by atoms with Crippen molar-refractivity contribution in [2.45, 2.75) is 25.7 Å². The van der Waals surface area contributed by atoms with Crippen LogP contribution in [0.5, 0.6) is 0 Å². The first-order chi connectivity index (χ1) is 16.1. The molecule has 0 radical (unpaired) electrons. The van der Waals surface area contributed by atoms with Crippen LogP contribution in [0.1, 0.15) is 27.0 Å². The molecular weight excluding hydrogens is 453 g/mol. The number of amides is 1. The number of hydrogen-bond donors (Lipinski definition) is 1. The zero-order valence-electron chi connectivity index (χ0n) is 19.5. The van der Waals surface area contributed by atoms with E-state index in [-0.39, 0.29) is 16.6 Å². The average Bonchev–Trinajstić information content (AvgIpc) is 2.81. The minimum Gasteiger partial charge on any atom is -0.368 e. The second-order valence-corrected chi connectivity index (χ2v) is 10.3. The predicted molar refractivity (Wildman–Crippen MR) is 132 cm³/mol. The maximum Gasteiger partial charge on any atom is 0.262 e. The molecule has 3 aromatic rings. The number of benzene rings is 3. The van der Waals surface area contributed by atoms with Gasteiger partial charge >= 0.3 is 0 Å². The van der Waals surface area contributed by atoms with Gasteiger partial charge in [-0.25, -0.2) is 12.8 Å². The molecule has 0 spiro atoms. The van der Waals surface area contributed by atoms with E-state index in [0.717, 1.165) is 16.8 Å². The van der Waals surface area contributed by atoms with Gasteiger partial charge in [-0.15, -0.1) is 0 Å². The zero-order chi connectivity index (χ0) is 24.5. The first-order valence-corrected chi connectivity index (χ1v) is 12.6. The smallest absolute Gasteiger partial charge is 0.262 e. The van der Waals surface area contributed by atoms with Crippen molar-refractivity contribution in [2.75, 3.05) is 35.8 Å². The van der Waals surface area contributed by atoms with Crippen LogP contribution in [0.15, 0.2) is 65.6 Å². The summed E-state index contributed by atoms with van der Waals surface area (Å²) in [5.74, 6) is -0.489. The number of hydrogen-bond acceptors (Lipinski definition) is 4. The number of sulfonamides is 1. The van der Waals surface area contributed by atoms with Gasteiger partial charge in [-0.3, -0.25) is 9.52 Å². The lowest BCUT2D eigenvalue weighted by Crippen LogP contribution is -2.48. The summed E-state index contributed by atoms with van der Waals surface area (Å²) in [7, 11) is -3.88. The van der Waals surface area contributed by atoms with Gasteiger partial charge in [0.2, 0.25) is 0 Å². The number of nitrogens with zero attached hydrogens (tertiary/aromatic N) is 2. The fraction of sp³-hybridized carbons (Fsp3) is 0.269. The highest BCUT2D eigenvalue weighted by atomic mass is 32.2. The molecule has 0 saturated carbocycles. The summed E-state index contributed by atoms with van der Waals surface area (Å²) >= 11 is 0. The van der Waals surface area contributed by atoms with Crippen molar-refractivity contribution in [3.63, 3.8) is 0 Å². The molecule has 0 aliphatic carbocycles. The van der Waals surface area contributed by atoms with Crippen LogP contribution < -0.4 is 9.62 Å². The van der Waals surface area contributed by atoms with Gasteiger partial charge in [0.25, 0.3) is 15.9 Å². The first kappa shape index (κ1) is 23.8. The van der Waals surface area contributed by atoms with Crippen molar-refractivity contribution in [1.82, 2.24) is 4.90 Å². The van der Waals surface area contributed by atoms with Crippen LogP contribution in [-0.2, 0) is 10.0 Å². The van der Waals surface area contributed by atoms with Gasteiger partial charge in [-0.1, -0.05) is 18.2 Å². The lowest BCUT2D eigenvalue weighted by atomic mass is 10.1. The number of piperazine rings is 1. The summed E-state index contributed by atoms with van der Waals surface area (Å²) in [6.45, 7) is 7.67. The van der Waals surface area contributed by atoms with Gasteiger partial charge in [0, 0.05) is 37.4 Å². The molecule has 1 aliphatic heterocycles. The Labute approximate surface area is 200 Å². The minimum atomic E-state index is -3.88. The highest BCUT2D eigenvalue weighted by Crippen LogP contribution is 2.25. The van der Waals surface area contributed by atoms with Gasteiger partial charge in [-0.2, -0.15) is 0 Å². The van der Waals surface area contributed by atoms with Crippen molar-refractivity contribution in [1.29, 1.82) is 0 Å². The number of carbonyl (C=O) groups excluding carboxylic acids is 1. The van der Waals surface area contributed by atoms with Gasteiger partial charge in [0.15, 0.2) is 0 Å². The Morgan fingerprint density at radius 3 is 2.18 bits per heavy atom. The third-order valence-electron chi connectivity index (χ3n) is 6.12. The maximum absolute atomic E-state index is 13.2. The Balaban J connectivity index is 1.51. The summed E-state index contributed by atoms with van der Waals surface area (Å²) in [6, 6.07) is 16.7. The summed E-state index contributed by atoms with van der Waals surface area (Å²) in [4.78, 5) is 17.1. The second kappa shape index (κ2) is 9.46. The lowest BCUT2D eigenvalue weighted by molar-refractivity contribution is 0.0746. The summed E-state index contributed by atoms with van der Waals surface area (Å²) in [5, 5.41) is 0. The normalized spacial score (nSPS) is 14.2. The highest BCUT2D eigenvalue weighted by molar-refractivity contribution is 7.92. The molecule has 0 atom stereocenters. The quantitative estimate of drug-likeness (QED) is 0.582. The monoisotopic (exact) mass is 481 g/mol. The average molecular weight is 482 g/mol. The van der Waals surface area contributed by atoms with Crippen LogP contribution in [0.3, 0.4) is 0 Å². The molecule has 6 nitrogen and oxygen atoms in total. The van der Waals surface area contributed by atoms with Crippen LogP contribution >= 0.6 is 0 Å². The van der Waals surface area contributed by atoms with E-state index in [2.05, 4.69) is 9.62 Å². The number of nitrogens with one attached hydrogen (secondary N) is 1. The van der Waals surface area contributed by atoms with Crippen LogP contribution in [0.4, 0.5) is 15.8 Å². The molecule has 1 saturated heterocycles. The van der Waals surface area contributed by atoms with Crippen molar-refractivity contribution in [3.05, 3.63) is 88.7 Å². The Hall–Kier alpha value is -3.39. The predicted octanol–water partition coefficient (Wildman–Crippen LogP) is 4.51. The molecule has 1 amide bonds. The Bertz CT molecular complexity index is 1320. The van der Waals surface area contributed by atoms with E-state index in [0.29, 0.717) is 43.0 Å². The van der Waals surface area contributed by atoms with Crippen LogP contribution in [0.25, 0.3) is 0 Å². The van der Waals surface area contributed by atoms with E-state index in [1.165, 1.54) is 18.2 Å². The fourth-order valence-electron chi connectivity index (χ4n) is 4.07. The summed E-state index contributed by atoms with van der Waals surface area (Å²) in [6.07, 6.45) is 0. The molecule has 4 rings (SSSR count). The Morgan fingerprint density at radius 1 is 0.853 bits per heavy atom. The van der Waals surface area contributed by atoms with Gasteiger partial charge in [0.1, 0.15) is 5.82 Å². The SMILES string of the molecule is Cc1ccc(C)c(NS(=O)(=O)c2cc(C(=O)N3CCN(c4ccc(F)cc4)CC3)ccc2C)c1. The fourth-order valence-corrected chi connectivity index (χ4v) is 5.46. The van der Waals surface area contributed by atoms with Crippen LogP contribution in [0.2, 0.25) is 0 Å². The standard InChI is InChI=1S/C26H28FN3O3S/c1-18-4-5-19(2)24(16-18)28-34(32,33)25-17-21(7-6-20(25)3)26(31)30-14-12-29(13-15-30)23-10-8-22(27)9-11-23/h4-11,16-17,28H,12-15H2,1-3H3. The van der Waals surface area contributed by atoms with E-state index in [1.807, 2.05) is 26.0 Å². The van der Waals surface area contributed by atoms with E-state index in [4.69, 9.17) is 0 Å². The molecule has 34 heavy (non-hydrogen) atoms. The largest absolute Gasteiger partial charge is 0.368 e. The molecule has 0 unspecified atom stereocenters. The Kier molecular flexibility index (Phi) is 6.61. The minimum absolute atomic E-state index is 0.0872. The topological polar surface area (TPSA) is 69.7 Å². The molecule has 178 valence electrons. The van der Waals surface area contributed by atoms with E-state index >= 15 is 0 Å². The van der Waals surface area contributed by atoms with Gasteiger partial charge in [-0.05, 0) is 79.9 Å². The number of carbonyl (C=O) groups is 1. The molecule has 0 bridgehead atoms. The van der Waals surface area contributed by atoms with E-state index in [9.17, 15) is 17.6 Å². The lowest BCUT2D eigenvalue weighted by Gasteiger charge is -2.36. The first-order valence-electron chi connectivity index (χ1n) is 11.1. The summed E-state index contributed by atoms with van der Waals surface area (Å²) in [5.41, 5.74) is 4.10. The van der Waals surface area contributed by atoms with Crippen molar-refractivity contribution in [3.8, 4) is 0 Å². The Morgan fingerprint density at radius 2 is 1.50 bits per heavy atom. The van der Waals surface area contributed by atoms with Crippen molar-refractivity contribution in [2.24, 2.45) is 0 Å². The molecule has 1 heterocycles. The number of aryl methyl sites for hydroxylation is 3. The zero-order valence-corrected chi connectivity index (χ0v) is 20.3. The van der Waals surface area contributed by atoms with Gasteiger partial charge < -0.3 is 9.80 Å². The molecular formula is C26H28FN3O3S. The number of anilines is 2. The summed E-state index contributed by atoms with van der Waals surface area (Å²) < 4.78 is 42.3. The van der Waals surface area contributed by atoms with Crippen LogP contribution in [-0.4, -0.2) is 45.4 Å². The highest BCUT2D eigenvalue weighted by Gasteiger charge is 2.25. The van der Waals surface area contributed by atoms with E-state index in [1.54, 1.807) is 42.2 Å². The third-order valence-corrected chi connectivity index (χ3v) is 7.63. The van der Waals surface area contributed by atoms with E-state index < -0.39 is 10.0 Å². The van der Waals surface area contributed by atoms with Crippen molar-refractivity contribution >= 4 is 27.3 Å². The van der Waals surface area contributed by atoms with Gasteiger partial charge in [0.05, 0.1) is 10.6 Å². The number of halogens is 1.